The molecule has 0 saturated carbocycles. The van der Waals surface area contributed by atoms with Crippen LogP contribution >= 0.6 is 0 Å². The molecule has 1 aliphatic heterocycles. The van der Waals surface area contributed by atoms with Crippen molar-refractivity contribution in [3.8, 4) is 0 Å². The van der Waals surface area contributed by atoms with Crippen molar-refractivity contribution in [3.63, 3.8) is 0 Å². The lowest BCUT2D eigenvalue weighted by Gasteiger charge is -2.30. The summed E-state index contributed by atoms with van der Waals surface area (Å²) >= 11 is 0. The monoisotopic (exact) mass is 330 g/mol. The Morgan fingerprint density at radius 3 is 2.88 bits per heavy atom. The molecule has 1 atom stereocenters. The number of aliphatic hydroxyl groups is 1. The summed E-state index contributed by atoms with van der Waals surface area (Å²) in [6, 6.07) is 8.40. The largest absolute Gasteiger partial charge is 0.394 e. The highest BCUT2D eigenvalue weighted by atomic mass is 16.3. The van der Waals surface area contributed by atoms with E-state index < -0.39 is 6.10 Å². The second kappa shape index (κ2) is 9.20. The molecule has 0 spiro atoms. The zero-order chi connectivity index (χ0) is 17.4. The number of carbonyl (C=O) groups is 1. The van der Waals surface area contributed by atoms with E-state index in [1.54, 1.807) is 26.4 Å². The van der Waals surface area contributed by atoms with Crippen molar-refractivity contribution in [2.75, 3.05) is 33.7 Å². The van der Waals surface area contributed by atoms with E-state index in [-0.39, 0.29) is 12.5 Å². The Hall–Kier alpha value is -2.18. The van der Waals surface area contributed by atoms with Crippen molar-refractivity contribution in [3.05, 3.63) is 47.7 Å². The SMILES string of the molecule is C/N=C(\C=C/NC)C(=O)NCC(O)CN1CCc2ccccc2C1. The maximum absolute atomic E-state index is 12.0. The number of aliphatic imine (C=N–C) groups is 1. The van der Waals surface area contributed by atoms with Gasteiger partial charge in [-0.15, -0.1) is 0 Å². The van der Waals surface area contributed by atoms with Gasteiger partial charge in [0.2, 0.25) is 0 Å². The van der Waals surface area contributed by atoms with Crippen LogP contribution in [0.25, 0.3) is 0 Å². The van der Waals surface area contributed by atoms with Gasteiger partial charge in [0.25, 0.3) is 5.91 Å². The summed E-state index contributed by atoms with van der Waals surface area (Å²) in [6.07, 6.45) is 3.63. The molecule has 0 saturated heterocycles. The van der Waals surface area contributed by atoms with Gasteiger partial charge in [0.05, 0.1) is 6.10 Å². The van der Waals surface area contributed by atoms with Crippen molar-refractivity contribution in [1.82, 2.24) is 15.5 Å². The minimum absolute atomic E-state index is 0.212. The maximum atomic E-state index is 12.0. The lowest BCUT2D eigenvalue weighted by Crippen LogP contribution is -2.43. The number of amides is 1. The van der Waals surface area contributed by atoms with E-state index in [0.717, 1.165) is 19.5 Å². The topological polar surface area (TPSA) is 77.0 Å². The van der Waals surface area contributed by atoms with Gasteiger partial charge in [-0.1, -0.05) is 24.3 Å². The van der Waals surface area contributed by atoms with Gasteiger partial charge in [-0.2, -0.15) is 0 Å². The molecular weight excluding hydrogens is 304 g/mol. The Balaban J connectivity index is 1.79. The van der Waals surface area contributed by atoms with Crippen LogP contribution in [0, 0.1) is 0 Å². The molecule has 3 N–H and O–H groups in total. The molecule has 130 valence electrons. The molecule has 0 radical (unpaired) electrons. The number of aliphatic hydroxyl groups excluding tert-OH is 1. The number of benzene rings is 1. The van der Waals surface area contributed by atoms with Gasteiger partial charge in [-0.25, -0.2) is 0 Å². The highest BCUT2D eigenvalue weighted by Gasteiger charge is 2.19. The zero-order valence-corrected chi connectivity index (χ0v) is 14.3. The molecule has 1 unspecified atom stereocenters. The summed E-state index contributed by atoms with van der Waals surface area (Å²) in [5, 5.41) is 15.7. The summed E-state index contributed by atoms with van der Waals surface area (Å²) in [6.45, 7) is 2.52. The Bertz CT molecular complexity index is 613. The van der Waals surface area contributed by atoms with Gasteiger partial charge in [-0.3, -0.25) is 14.7 Å². The number of hydrogen-bond acceptors (Lipinski definition) is 5. The van der Waals surface area contributed by atoms with Crippen LogP contribution in [0.3, 0.4) is 0 Å². The summed E-state index contributed by atoms with van der Waals surface area (Å²) in [5.41, 5.74) is 3.03. The normalized spacial score (nSPS) is 16.7. The molecule has 1 aromatic rings. The average molecular weight is 330 g/mol. The smallest absolute Gasteiger partial charge is 0.269 e. The second-order valence-electron chi connectivity index (χ2n) is 5.85. The molecule has 6 nitrogen and oxygen atoms in total. The van der Waals surface area contributed by atoms with Crippen LogP contribution in [-0.4, -0.2) is 61.5 Å². The molecule has 24 heavy (non-hydrogen) atoms. The van der Waals surface area contributed by atoms with Crippen molar-refractivity contribution in [2.45, 2.75) is 19.1 Å². The Morgan fingerprint density at radius 1 is 1.42 bits per heavy atom. The molecule has 0 fully saturated rings. The first-order chi connectivity index (χ1) is 11.6. The van der Waals surface area contributed by atoms with Crippen LogP contribution in [0.2, 0.25) is 0 Å². The highest BCUT2D eigenvalue weighted by molar-refractivity contribution is 6.43. The van der Waals surface area contributed by atoms with Gasteiger partial charge in [-0.05, 0) is 29.8 Å². The van der Waals surface area contributed by atoms with Crippen LogP contribution in [-0.2, 0) is 17.8 Å². The molecule has 6 heteroatoms. The maximum Gasteiger partial charge on any atom is 0.269 e. The first kappa shape index (κ1) is 18.2. The van der Waals surface area contributed by atoms with Crippen molar-refractivity contribution < 1.29 is 9.90 Å². The van der Waals surface area contributed by atoms with Crippen molar-refractivity contribution in [1.29, 1.82) is 0 Å². The first-order valence-electron chi connectivity index (χ1n) is 8.20. The molecule has 1 amide bonds. The van der Waals surface area contributed by atoms with Gasteiger partial charge in [0, 0.05) is 40.3 Å². The Kier molecular flexibility index (Phi) is 6.96. The second-order valence-corrected chi connectivity index (χ2v) is 5.85. The van der Waals surface area contributed by atoms with Crippen LogP contribution in [0.4, 0.5) is 0 Å². The lowest BCUT2D eigenvalue weighted by atomic mass is 10.00. The predicted octanol–water partition coefficient (Wildman–Crippen LogP) is 0.326. The molecule has 0 bridgehead atoms. The Morgan fingerprint density at radius 2 is 2.17 bits per heavy atom. The minimum Gasteiger partial charge on any atom is -0.394 e. The third-order valence-electron chi connectivity index (χ3n) is 4.06. The van der Waals surface area contributed by atoms with Gasteiger partial charge < -0.3 is 15.7 Å². The number of rotatable bonds is 7. The molecule has 0 aliphatic carbocycles. The van der Waals surface area contributed by atoms with E-state index in [1.165, 1.54) is 11.1 Å². The minimum atomic E-state index is -0.606. The standard InChI is InChI=1S/C18H26N4O2/c1-19-9-7-17(20-2)18(24)21-11-16(23)13-22-10-8-14-5-3-4-6-15(14)12-22/h3-7,9,16,19,23H,8,10-13H2,1-2H3,(H,21,24)/b9-7-,20-17+. The summed E-state index contributed by atoms with van der Waals surface area (Å²) < 4.78 is 0. The molecule has 2 rings (SSSR count). The molecule has 0 aromatic heterocycles. The third-order valence-corrected chi connectivity index (χ3v) is 4.06. The molecule has 1 aromatic carbocycles. The fourth-order valence-electron chi connectivity index (χ4n) is 2.79. The van der Waals surface area contributed by atoms with E-state index in [4.69, 9.17) is 0 Å². The fourth-order valence-corrected chi connectivity index (χ4v) is 2.79. The van der Waals surface area contributed by atoms with E-state index in [1.807, 2.05) is 6.07 Å². The van der Waals surface area contributed by atoms with Crippen LogP contribution < -0.4 is 10.6 Å². The van der Waals surface area contributed by atoms with Crippen molar-refractivity contribution in [2.24, 2.45) is 4.99 Å². The van der Waals surface area contributed by atoms with E-state index in [9.17, 15) is 9.90 Å². The Labute approximate surface area is 143 Å². The van der Waals surface area contributed by atoms with Gasteiger partial charge >= 0.3 is 0 Å². The number of fused-ring (bicyclic) bond motifs is 1. The number of hydrogen-bond donors (Lipinski definition) is 3. The number of nitrogens with one attached hydrogen (secondary N) is 2. The molecule has 1 heterocycles. The number of carbonyl (C=O) groups excluding carboxylic acids is 1. The summed E-state index contributed by atoms with van der Waals surface area (Å²) in [4.78, 5) is 18.1. The summed E-state index contributed by atoms with van der Waals surface area (Å²) in [5.74, 6) is -0.285. The van der Waals surface area contributed by atoms with E-state index in [0.29, 0.717) is 12.3 Å². The van der Waals surface area contributed by atoms with E-state index in [2.05, 4.69) is 38.7 Å². The van der Waals surface area contributed by atoms with Crippen LogP contribution in [0.15, 0.2) is 41.5 Å². The van der Waals surface area contributed by atoms with Crippen LogP contribution in [0.1, 0.15) is 11.1 Å². The van der Waals surface area contributed by atoms with Gasteiger partial charge in [0.15, 0.2) is 0 Å². The molecular formula is C18H26N4O2. The van der Waals surface area contributed by atoms with Crippen molar-refractivity contribution >= 4 is 11.6 Å². The average Bonchev–Trinajstić information content (AvgIpc) is 2.60. The first-order valence-corrected chi connectivity index (χ1v) is 8.20. The predicted molar refractivity (Wildman–Crippen MR) is 96.0 cm³/mol. The highest BCUT2D eigenvalue weighted by Crippen LogP contribution is 2.18. The lowest BCUT2D eigenvalue weighted by molar-refractivity contribution is -0.115. The van der Waals surface area contributed by atoms with Gasteiger partial charge in [0.1, 0.15) is 5.71 Å². The third kappa shape index (κ3) is 5.18. The quantitative estimate of drug-likeness (QED) is 0.630. The zero-order valence-electron chi connectivity index (χ0n) is 14.3. The molecule has 1 aliphatic rings. The number of β-amino-alcohol motifs (C(OH)–C–C–N with tert-alkyl or cyclic N) is 1. The number of nitrogens with zero attached hydrogens (tertiary/aromatic N) is 2. The summed E-state index contributed by atoms with van der Waals surface area (Å²) in [7, 11) is 3.32. The fraction of sp³-hybridized carbons (Fsp3) is 0.444. The van der Waals surface area contributed by atoms with E-state index >= 15 is 0 Å². The van der Waals surface area contributed by atoms with Crippen LogP contribution in [0.5, 0.6) is 0 Å².